The lowest BCUT2D eigenvalue weighted by Crippen LogP contribution is -2.52. The van der Waals surface area contributed by atoms with Gasteiger partial charge >= 0.3 is 5.69 Å². The summed E-state index contributed by atoms with van der Waals surface area (Å²) in [6.07, 6.45) is -0.926. The lowest BCUT2D eigenvalue weighted by molar-refractivity contribution is -0.182. The minimum Gasteiger partial charge on any atom is -0.393 e. The van der Waals surface area contributed by atoms with Crippen molar-refractivity contribution in [1.82, 2.24) is 14.5 Å². The van der Waals surface area contributed by atoms with Crippen LogP contribution in [0.25, 0.3) is 0 Å². The van der Waals surface area contributed by atoms with Gasteiger partial charge in [0.2, 0.25) is 0 Å². The number of likely N-dealkylation sites (tertiary alicyclic amines) is 1. The van der Waals surface area contributed by atoms with E-state index in [4.69, 9.17) is 4.74 Å². The highest BCUT2D eigenvalue weighted by atomic mass is 16.6. The number of H-pyrrole nitrogens is 1. The van der Waals surface area contributed by atoms with Gasteiger partial charge < -0.3 is 19.8 Å². The predicted molar refractivity (Wildman–Crippen MR) is 68.6 cm³/mol. The quantitative estimate of drug-likeness (QED) is 0.546. The maximum absolute atomic E-state index is 12.0. The average molecular weight is 297 g/mol. The maximum Gasteiger partial charge on any atom is 0.330 e. The van der Waals surface area contributed by atoms with Gasteiger partial charge in [-0.2, -0.15) is 0 Å². The van der Waals surface area contributed by atoms with E-state index < -0.39 is 47.7 Å². The van der Waals surface area contributed by atoms with Crippen molar-refractivity contribution in [3.8, 4) is 0 Å². The van der Waals surface area contributed by atoms with E-state index in [0.29, 0.717) is 5.56 Å². The van der Waals surface area contributed by atoms with Gasteiger partial charge in [-0.05, 0) is 6.92 Å². The molecule has 2 fully saturated rings. The maximum atomic E-state index is 12.0. The molecule has 0 aliphatic carbocycles. The van der Waals surface area contributed by atoms with Crippen molar-refractivity contribution in [2.75, 3.05) is 13.7 Å². The van der Waals surface area contributed by atoms with Crippen molar-refractivity contribution >= 4 is 5.91 Å². The first-order valence-corrected chi connectivity index (χ1v) is 6.39. The molecular formula is C12H15N3O6. The summed E-state index contributed by atoms with van der Waals surface area (Å²) in [5.74, 6) is -0.534. The Morgan fingerprint density at radius 3 is 2.67 bits per heavy atom. The van der Waals surface area contributed by atoms with Crippen molar-refractivity contribution < 1.29 is 19.7 Å². The summed E-state index contributed by atoms with van der Waals surface area (Å²) < 4.78 is 6.62. The fraction of sp³-hybridized carbons (Fsp3) is 0.583. The van der Waals surface area contributed by atoms with Gasteiger partial charge in [0.05, 0.1) is 6.61 Å². The van der Waals surface area contributed by atoms with Gasteiger partial charge in [0.15, 0.2) is 11.8 Å². The largest absolute Gasteiger partial charge is 0.393 e. The smallest absolute Gasteiger partial charge is 0.330 e. The second-order valence-electron chi connectivity index (χ2n) is 5.39. The standard InChI is InChI=1S/C12H15N3O6/c1-5-3-15(11(20)13-8(5)18)9-6-7(17)12(4-16,21-9)10(19)14(6)2/h3,6-7,9,16-17H,4H2,1-2H3,(H,13,18,20)/t6-,7?,9+,12+/m0/s1. The number of carbonyl (C=O) groups excluding carboxylic acids is 1. The van der Waals surface area contributed by atoms with Crippen LogP contribution in [0.5, 0.6) is 0 Å². The number of aliphatic hydroxyl groups excluding tert-OH is 2. The number of morpholine rings is 1. The summed E-state index contributed by atoms with van der Waals surface area (Å²) in [5, 5.41) is 19.7. The second-order valence-corrected chi connectivity index (χ2v) is 5.39. The zero-order valence-corrected chi connectivity index (χ0v) is 11.4. The Hall–Kier alpha value is -1.97. The second kappa shape index (κ2) is 4.26. The lowest BCUT2D eigenvalue weighted by Gasteiger charge is -2.34. The molecule has 3 N–H and O–H groups in total. The van der Waals surface area contributed by atoms with Crippen LogP contribution >= 0.6 is 0 Å². The average Bonchev–Trinajstić information content (AvgIpc) is 2.83. The number of ether oxygens (including phenoxy) is 1. The molecule has 2 saturated heterocycles. The van der Waals surface area contributed by atoms with Gasteiger partial charge in [-0.25, -0.2) is 4.79 Å². The fourth-order valence-electron chi connectivity index (χ4n) is 3.00. The molecule has 0 saturated carbocycles. The SMILES string of the molecule is Cc1cn([C@@H]2O[C@@]3(CO)C(=O)N(C)[C@H]2C3O)c(=O)[nH]c1=O. The summed E-state index contributed by atoms with van der Waals surface area (Å²) >= 11 is 0. The Bertz CT molecular complexity index is 724. The third-order valence-electron chi connectivity index (χ3n) is 4.21. The van der Waals surface area contributed by atoms with Gasteiger partial charge in [-0.15, -0.1) is 0 Å². The molecule has 1 amide bonds. The number of nitrogens with one attached hydrogen (secondary N) is 1. The van der Waals surface area contributed by atoms with Gasteiger partial charge in [0, 0.05) is 18.8 Å². The van der Waals surface area contributed by atoms with Gasteiger partial charge in [-0.1, -0.05) is 0 Å². The number of aromatic nitrogens is 2. The molecule has 21 heavy (non-hydrogen) atoms. The Kier molecular flexibility index (Phi) is 2.84. The van der Waals surface area contributed by atoms with E-state index >= 15 is 0 Å². The number of aromatic amines is 1. The number of hydrogen-bond donors (Lipinski definition) is 3. The van der Waals surface area contributed by atoms with Crippen LogP contribution in [0.2, 0.25) is 0 Å². The summed E-state index contributed by atoms with van der Waals surface area (Å²) in [6.45, 7) is 0.830. The first-order valence-electron chi connectivity index (χ1n) is 6.39. The minimum atomic E-state index is -1.76. The number of amides is 1. The van der Waals surface area contributed by atoms with Crippen LogP contribution in [-0.4, -0.2) is 62.0 Å². The van der Waals surface area contributed by atoms with E-state index in [9.17, 15) is 24.6 Å². The highest BCUT2D eigenvalue weighted by Crippen LogP contribution is 2.45. The molecule has 2 aliphatic rings. The van der Waals surface area contributed by atoms with E-state index in [0.717, 1.165) is 4.57 Å². The highest BCUT2D eigenvalue weighted by Gasteiger charge is 2.68. The number of aliphatic hydroxyl groups is 2. The third kappa shape index (κ3) is 1.59. The van der Waals surface area contributed by atoms with Crippen LogP contribution in [0.3, 0.4) is 0 Å². The molecule has 0 radical (unpaired) electrons. The zero-order chi connectivity index (χ0) is 15.5. The van der Waals surface area contributed by atoms with Crippen LogP contribution in [0.1, 0.15) is 11.8 Å². The molecule has 1 aromatic rings. The van der Waals surface area contributed by atoms with E-state index in [1.165, 1.54) is 25.1 Å². The topological polar surface area (TPSA) is 125 Å². The molecule has 2 bridgehead atoms. The van der Waals surface area contributed by atoms with Crippen molar-refractivity contribution in [2.45, 2.75) is 30.9 Å². The van der Waals surface area contributed by atoms with Crippen LogP contribution in [0.15, 0.2) is 15.8 Å². The van der Waals surface area contributed by atoms with Crippen molar-refractivity contribution in [3.63, 3.8) is 0 Å². The molecular weight excluding hydrogens is 282 g/mol. The van der Waals surface area contributed by atoms with Crippen LogP contribution in [-0.2, 0) is 9.53 Å². The van der Waals surface area contributed by atoms with Crippen molar-refractivity contribution in [1.29, 1.82) is 0 Å². The van der Waals surface area contributed by atoms with Crippen molar-refractivity contribution in [2.24, 2.45) is 0 Å². The molecule has 0 aromatic carbocycles. The van der Waals surface area contributed by atoms with Crippen LogP contribution in [0, 0.1) is 6.92 Å². The molecule has 4 atom stereocenters. The Morgan fingerprint density at radius 2 is 2.10 bits per heavy atom. The molecule has 3 rings (SSSR count). The van der Waals surface area contributed by atoms with Crippen molar-refractivity contribution in [3.05, 3.63) is 32.6 Å². The molecule has 1 unspecified atom stereocenters. The highest BCUT2D eigenvalue weighted by molar-refractivity contribution is 5.90. The first kappa shape index (κ1) is 14.0. The van der Waals surface area contributed by atoms with Gasteiger partial charge in [-0.3, -0.25) is 19.1 Å². The molecule has 0 spiro atoms. The number of aryl methyl sites for hydroxylation is 1. The molecule has 9 nitrogen and oxygen atoms in total. The number of carbonyl (C=O) groups is 1. The molecule has 3 heterocycles. The predicted octanol–water partition coefficient (Wildman–Crippen LogP) is -2.69. The van der Waals surface area contributed by atoms with E-state index in [1.54, 1.807) is 0 Å². The first-order chi connectivity index (χ1) is 9.83. The van der Waals surface area contributed by atoms with Gasteiger partial charge in [0.1, 0.15) is 12.1 Å². The van der Waals surface area contributed by atoms with Gasteiger partial charge in [0.25, 0.3) is 11.5 Å². The lowest BCUT2D eigenvalue weighted by atomic mass is 10.00. The number of likely N-dealkylation sites (N-methyl/N-ethyl adjacent to an activating group) is 1. The zero-order valence-electron chi connectivity index (χ0n) is 11.4. The summed E-state index contributed by atoms with van der Waals surface area (Å²) in [4.78, 5) is 38.8. The molecule has 2 aliphatic heterocycles. The number of nitrogens with zero attached hydrogens (tertiary/aromatic N) is 2. The summed E-state index contributed by atoms with van der Waals surface area (Å²) in [6, 6.07) is -0.812. The summed E-state index contributed by atoms with van der Waals surface area (Å²) in [7, 11) is 1.47. The number of hydrogen-bond acceptors (Lipinski definition) is 6. The Labute approximate surface area is 118 Å². The Balaban J connectivity index is 2.12. The third-order valence-corrected chi connectivity index (χ3v) is 4.21. The van der Waals surface area contributed by atoms with E-state index in [1.807, 2.05) is 0 Å². The van der Waals surface area contributed by atoms with E-state index in [2.05, 4.69) is 4.98 Å². The summed E-state index contributed by atoms with van der Waals surface area (Å²) in [5.41, 5.74) is -2.68. The van der Waals surface area contributed by atoms with Crippen LogP contribution < -0.4 is 11.2 Å². The minimum absolute atomic E-state index is 0.294. The monoisotopic (exact) mass is 297 g/mol. The van der Waals surface area contributed by atoms with E-state index in [-0.39, 0.29) is 0 Å². The Morgan fingerprint density at radius 1 is 1.43 bits per heavy atom. The molecule has 1 aromatic heterocycles. The molecule has 114 valence electrons. The normalized spacial score (nSPS) is 34.8. The fourth-order valence-corrected chi connectivity index (χ4v) is 3.00. The number of rotatable bonds is 2. The number of fused-ring (bicyclic) bond motifs is 2. The molecule has 9 heteroatoms. The van der Waals surface area contributed by atoms with Crippen LogP contribution in [0.4, 0.5) is 0 Å².